The zero-order valence-electron chi connectivity index (χ0n) is 31.5. The fraction of sp³-hybridized carbons (Fsp3) is 0.972. The molecular weight excluding hydrogens is 542 g/mol. The Morgan fingerprint density at radius 3 is 1.74 bits per heavy atom. The molecule has 0 saturated heterocycles. The molecule has 0 aromatic rings. The van der Waals surface area contributed by atoms with Gasteiger partial charge in [0.1, 0.15) is 12.8 Å². The van der Waals surface area contributed by atoms with Crippen LogP contribution in [0.1, 0.15) is 143 Å². The first-order chi connectivity index (χ1) is 19.1. The summed E-state index contributed by atoms with van der Waals surface area (Å²) in [5.74, 6) is -0.287. The average Bonchev–Trinajstić information content (AvgIpc) is 2.77. The summed E-state index contributed by atoms with van der Waals surface area (Å²) in [5.41, 5.74) is 4.72. The highest BCUT2D eigenvalue weighted by molar-refractivity contribution is 5.73. The molecule has 0 bridgehead atoms. The van der Waals surface area contributed by atoms with Gasteiger partial charge in [0.15, 0.2) is 0 Å². The summed E-state index contributed by atoms with van der Waals surface area (Å²) in [5, 5.41) is 0. The Hall–Kier alpha value is -0.730. The molecule has 0 aliphatic heterocycles. The first kappa shape index (κ1) is 42.3. The lowest BCUT2D eigenvalue weighted by Gasteiger charge is -2.44. The van der Waals surface area contributed by atoms with Crippen molar-refractivity contribution in [2.75, 3.05) is 26.4 Å². The Kier molecular flexibility index (Phi) is 16.4. The zero-order chi connectivity index (χ0) is 34.1. The second-order valence-electron chi connectivity index (χ2n) is 17.6. The third-order valence-electron chi connectivity index (χ3n) is 9.23. The van der Waals surface area contributed by atoms with Crippen molar-refractivity contribution >= 4 is 5.97 Å². The number of nitrogens with two attached hydrogens (primary N) is 1. The number of esters is 1. The maximum absolute atomic E-state index is 12.9. The van der Waals surface area contributed by atoms with E-state index in [1.165, 1.54) is 0 Å². The summed E-state index contributed by atoms with van der Waals surface area (Å²) in [7, 11) is 0. The number of ether oxygens (including phenoxy) is 5. The van der Waals surface area contributed by atoms with Crippen molar-refractivity contribution in [3.63, 3.8) is 0 Å². The number of hydrogen-bond donors (Lipinski definition) is 1. The van der Waals surface area contributed by atoms with Gasteiger partial charge in [0.25, 0.3) is 0 Å². The van der Waals surface area contributed by atoms with Crippen molar-refractivity contribution in [1.29, 1.82) is 0 Å². The Morgan fingerprint density at radius 2 is 1.26 bits per heavy atom. The molecule has 4 atom stereocenters. The van der Waals surface area contributed by atoms with Crippen molar-refractivity contribution in [2.24, 2.45) is 33.3 Å². The fourth-order valence-corrected chi connectivity index (χ4v) is 4.99. The predicted molar refractivity (Wildman–Crippen MR) is 179 cm³/mol. The minimum Gasteiger partial charge on any atom is -0.463 e. The molecule has 0 aromatic heterocycles. The van der Waals surface area contributed by atoms with Gasteiger partial charge in [0.05, 0.1) is 42.5 Å². The van der Waals surface area contributed by atoms with Gasteiger partial charge < -0.3 is 29.4 Å². The molecule has 0 heterocycles. The van der Waals surface area contributed by atoms with E-state index in [0.717, 1.165) is 25.7 Å². The van der Waals surface area contributed by atoms with Crippen LogP contribution in [0.2, 0.25) is 0 Å². The quantitative estimate of drug-likeness (QED) is 0.0834. The molecule has 43 heavy (non-hydrogen) atoms. The van der Waals surface area contributed by atoms with Gasteiger partial charge in [-0.05, 0) is 95.8 Å². The second kappa shape index (κ2) is 16.7. The molecule has 0 fully saturated rings. The molecule has 258 valence electrons. The minimum atomic E-state index is -0.399. The van der Waals surface area contributed by atoms with Crippen molar-refractivity contribution in [2.45, 2.75) is 173 Å². The van der Waals surface area contributed by atoms with Crippen LogP contribution in [0, 0.1) is 27.6 Å². The monoisotopic (exact) mass is 616 g/mol. The van der Waals surface area contributed by atoms with E-state index >= 15 is 0 Å². The van der Waals surface area contributed by atoms with Crippen molar-refractivity contribution in [3.05, 3.63) is 0 Å². The Labute approximate surface area is 267 Å². The van der Waals surface area contributed by atoms with E-state index in [2.05, 4.69) is 111 Å². The fourth-order valence-electron chi connectivity index (χ4n) is 4.99. The largest absolute Gasteiger partial charge is 0.463 e. The summed E-state index contributed by atoms with van der Waals surface area (Å²) in [6.45, 7) is 38.1. The van der Waals surface area contributed by atoms with Crippen LogP contribution in [0.5, 0.6) is 0 Å². The molecular formula is C36H73NO6. The SMILES string of the molecule is CC(N)OCCC(C)(C)C(C)OC(C)CC(C)(C)C(C)(C)OCCC(C)(C)OCCOC(=O)C(CC(C)(C)C)C(C)(C)C. The first-order valence-electron chi connectivity index (χ1n) is 16.6. The van der Waals surface area contributed by atoms with Crippen LogP contribution in [0.3, 0.4) is 0 Å². The van der Waals surface area contributed by atoms with Crippen molar-refractivity contribution < 1.29 is 28.5 Å². The molecule has 0 amide bonds. The Bertz CT molecular complexity index is 804. The van der Waals surface area contributed by atoms with E-state index in [-0.39, 0.29) is 64.2 Å². The van der Waals surface area contributed by atoms with Gasteiger partial charge >= 0.3 is 5.97 Å². The number of carbonyl (C=O) groups excluding carboxylic acids is 1. The molecule has 0 spiro atoms. The molecule has 0 rings (SSSR count). The van der Waals surface area contributed by atoms with Gasteiger partial charge in [0, 0.05) is 6.61 Å². The molecule has 7 heteroatoms. The number of hydrogen-bond acceptors (Lipinski definition) is 7. The van der Waals surface area contributed by atoms with Crippen molar-refractivity contribution in [1.82, 2.24) is 0 Å². The lowest BCUT2D eigenvalue weighted by atomic mass is 9.72. The number of carbonyl (C=O) groups is 1. The molecule has 0 aliphatic carbocycles. The van der Waals surface area contributed by atoms with Gasteiger partial charge in [-0.3, -0.25) is 4.79 Å². The van der Waals surface area contributed by atoms with Gasteiger partial charge in [-0.2, -0.15) is 0 Å². The highest BCUT2D eigenvalue weighted by Gasteiger charge is 2.40. The molecule has 0 radical (unpaired) electrons. The van der Waals surface area contributed by atoms with E-state index in [1.807, 2.05) is 6.92 Å². The van der Waals surface area contributed by atoms with Crippen LogP contribution >= 0.6 is 0 Å². The van der Waals surface area contributed by atoms with Gasteiger partial charge in [-0.25, -0.2) is 0 Å². The zero-order valence-corrected chi connectivity index (χ0v) is 31.5. The molecule has 0 saturated carbocycles. The smallest absolute Gasteiger partial charge is 0.309 e. The summed E-state index contributed by atoms with van der Waals surface area (Å²) in [6, 6.07) is 0. The van der Waals surface area contributed by atoms with Crippen LogP contribution in [0.4, 0.5) is 0 Å². The first-order valence-corrected chi connectivity index (χ1v) is 16.6. The van der Waals surface area contributed by atoms with Crippen LogP contribution in [0.25, 0.3) is 0 Å². The van der Waals surface area contributed by atoms with E-state index in [9.17, 15) is 4.79 Å². The highest BCUT2D eigenvalue weighted by Crippen LogP contribution is 2.40. The van der Waals surface area contributed by atoms with Crippen LogP contribution in [-0.2, 0) is 28.5 Å². The summed E-state index contributed by atoms with van der Waals surface area (Å²) in [6.07, 6.45) is 3.18. The van der Waals surface area contributed by atoms with Gasteiger partial charge in [-0.1, -0.05) is 69.2 Å². The molecule has 7 nitrogen and oxygen atoms in total. The van der Waals surface area contributed by atoms with Crippen molar-refractivity contribution in [3.8, 4) is 0 Å². The van der Waals surface area contributed by atoms with E-state index in [4.69, 9.17) is 29.4 Å². The maximum Gasteiger partial charge on any atom is 0.309 e. The molecule has 0 aromatic carbocycles. The lowest BCUT2D eigenvalue weighted by molar-refractivity contribution is -0.159. The van der Waals surface area contributed by atoms with Gasteiger partial charge in [-0.15, -0.1) is 0 Å². The normalized spacial score (nSPS) is 17.0. The third kappa shape index (κ3) is 17.0. The van der Waals surface area contributed by atoms with Gasteiger partial charge in [0.2, 0.25) is 0 Å². The van der Waals surface area contributed by atoms with E-state index < -0.39 is 5.60 Å². The predicted octanol–water partition coefficient (Wildman–Crippen LogP) is 8.56. The van der Waals surface area contributed by atoms with Crippen LogP contribution < -0.4 is 5.73 Å². The average molecular weight is 616 g/mol. The van der Waals surface area contributed by atoms with Crippen LogP contribution in [0.15, 0.2) is 0 Å². The minimum absolute atomic E-state index is 0.0239. The Balaban J connectivity index is 4.79. The third-order valence-corrected chi connectivity index (χ3v) is 9.23. The van der Waals surface area contributed by atoms with E-state index in [0.29, 0.717) is 19.8 Å². The number of rotatable bonds is 20. The topological polar surface area (TPSA) is 89.2 Å². The lowest BCUT2D eigenvalue weighted by Crippen LogP contribution is -2.45. The molecule has 4 unspecified atom stereocenters. The summed E-state index contributed by atoms with van der Waals surface area (Å²) >= 11 is 0. The van der Waals surface area contributed by atoms with Crippen LogP contribution in [-0.4, -0.2) is 62.0 Å². The molecule has 2 N–H and O–H groups in total. The highest BCUT2D eigenvalue weighted by atomic mass is 16.6. The standard InChI is InChI=1S/C36H73NO6/c1-26(43-27(2)33(10,11)18-20-39-28(3)37)24-34(12,13)36(16,17)42-21-19-35(14,15)41-23-22-40-30(38)29(32(7,8)9)25-31(4,5)6/h26-29H,18-25,37H2,1-17H3. The second-order valence-corrected chi connectivity index (χ2v) is 17.6. The molecule has 0 aliphatic rings. The summed E-state index contributed by atoms with van der Waals surface area (Å²) in [4.78, 5) is 12.9. The Morgan fingerprint density at radius 1 is 0.698 bits per heavy atom. The van der Waals surface area contributed by atoms with E-state index in [1.54, 1.807) is 0 Å². The maximum atomic E-state index is 12.9. The summed E-state index contributed by atoms with van der Waals surface area (Å²) < 4.78 is 30.4.